The summed E-state index contributed by atoms with van der Waals surface area (Å²) in [6.45, 7) is 0. The Morgan fingerprint density at radius 2 is 2.17 bits per heavy atom. The zero-order valence-corrected chi connectivity index (χ0v) is 7.55. The van der Waals surface area contributed by atoms with Crippen molar-refractivity contribution in [2.75, 3.05) is 0 Å². The second-order valence-electron chi connectivity index (χ2n) is 2.35. The fraction of sp³-hybridized carbons (Fsp3) is 0. The molecule has 2 aromatic rings. The second kappa shape index (κ2) is 2.79. The topological polar surface area (TPSA) is 25.8 Å². The maximum Gasteiger partial charge on any atom is 0.126 e. The van der Waals surface area contributed by atoms with Crippen LogP contribution in [-0.4, -0.2) is 10.2 Å². The van der Waals surface area contributed by atoms with Crippen molar-refractivity contribution in [1.29, 1.82) is 0 Å². The van der Waals surface area contributed by atoms with Gasteiger partial charge in [0.15, 0.2) is 0 Å². The molecule has 1 aromatic heterocycles. The second-order valence-corrected chi connectivity index (χ2v) is 3.21. The third-order valence-corrected chi connectivity index (χ3v) is 2.20. The smallest absolute Gasteiger partial charge is 0.126 e. The molecule has 60 valence electrons. The third kappa shape index (κ3) is 1.18. The highest BCUT2D eigenvalue weighted by Crippen LogP contribution is 2.22. The Morgan fingerprint density at radius 1 is 1.33 bits per heavy atom. The lowest BCUT2D eigenvalue weighted by molar-refractivity contribution is 0.628. The first kappa shape index (κ1) is 7.61. The normalized spacial score (nSPS) is 10.5. The predicted molar refractivity (Wildman–Crippen MR) is 47.2 cm³/mol. The Morgan fingerprint density at radius 3 is 3.00 bits per heavy atom. The van der Waals surface area contributed by atoms with E-state index >= 15 is 0 Å². The minimum atomic E-state index is -0.310. The Kier molecular flexibility index (Phi) is 1.77. The van der Waals surface area contributed by atoms with Crippen LogP contribution in [0.3, 0.4) is 0 Å². The van der Waals surface area contributed by atoms with Crippen LogP contribution in [-0.2, 0) is 0 Å². The summed E-state index contributed by atoms with van der Waals surface area (Å²) in [4.78, 5) is 0. The number of hydrogen-bond acceptors (Lipinski definition) is 2. The van der Waals surface area contributed by atoms with Crippen LogP contribution in [0.15, 0.2) is 28.9 Å². The Bertz CT molecular complexity index is 430. The molecule has 4 heteroatoms. The van der Waals surface area contributed by atoms with E-state index in [0.29, 0.717) is 9.99 Å². The molecule has 0 aliphatic heterocycles. The van der Waals surface area contributed by atoms with Crippen LogP contribution < -0.4 is 0 Å². The van der Waals surface area contributed by atoms with E-state index in [1.54, 1.807) is 12.3 Å². The van der Waals surface area contributed by atoms with E-state index in [-0.39, 0.29) is 5.82 Å². The first-order valence-electron chi connectivity index (χ1n) is 3.34. The number of benzene rings is 1. The molecule has 2 nitrogen and oxygen atoms in total. The highest BCUT2D eigenvalue weighted by Gasteiger charge is 2.01. The molecule has 0 aliphatic carbocycles. The summed E-state index contributed by atoms with van der Waals surface area (Å²) >= 11 is 3.24. The number of nitrogens with zero attached hydrogens (tertiary/aromatic N) is 2. The fourth-order valence-electron chi connectivity index (χ4n) is 1.02. The van der Waals surface area contributed by atoms with Crippen LogP contribution in [0, 0.1) is 5.82 Å². The molecule has 0 saturated heterocycles. The van der Waals surface area contributed by atoms with E-state index in [4.69, 9.17) is 0 Å². The van der Waals surface area contributed by atoms with Crippen molar-refractivity contribution in [2.24, 2.45) is 0 Å². The third-order valence-electron chi connectivity index (χ3n) is 1.55. The lowest BCUT2D eigenvalue weighted by Crippen LogP contribution is -1.84. The molecule has 12 heavy (non-hydrogen) atoms. The maximum atomic E-state index is 12.8. The van der Waals surface area contributed by atoms with Gasteiger partial charge in [-0.2, -0.15) is 10.2 Å². The summed E-state index contributed by atoms with van der Waals surface area (Å²) in [5.74, 6) is -0.310. The van der Waals surface area contributed by atoms with Gasteiger partial charge in [0.1, 0.15) is 5.82 Å². The van der Waals surface area contributed by atoms with Gasteiger partial charge in [-0.1, -0.05) is 0 Å². The summed E-state index contributed by atoms with van der Waals surface area (Å²) in [5, 5.41) is 8.31. The van der Waals surface area contributed by atoms with Crippen molar-refractivity contribution in [1.82, 2.24) is 10.2 Å². The molecule has 0 atom stereocenters. The van der Waals surface area contributed by atoms with Crippen LogP contribution in [0.4, 0.5) is 4.39 Å². The predicted octanol–water partition coefficient (Wildman–Crippen LogP) is 2.53. The Balaban J connectivity index is 2.89. The number of halogens is 2. The molecule has 1 heterocycles. The van der Waals surface area contributed by atoms with Crippen LogP contribution in [0.25, 0.3) is 10.9 Å². The molecule has 0 amide bonds. The first-order valence-corrected chi connectivity index (χ1v) is 4.13. The van der Waals surface area contributed by atoms with Gasteiger partial charge in [0.05, 0.1) is 11.7 Å². The molecule has 0 aliphatic rings. The van der Waals surface area contributed by atoms with Crippen LogP contribution in [0.1, 0.15) is 0 Å². The molecule has 0 spiro atoms. The number of aromatic nitrogens is 2. The average Bonchev–Trinajstić information content (AvgIpc) is 2.04. The standard InChI is InChI=1S/C8H4BrFN2/c9-7-3-5(10)4-8-6(7)1-2-11-12-8/h1-4H. The van der Waals surface area contributed by atoms with Crippen LogP contribution in [0.5, 0.6) is 0 Å². The molecule has 0 unspecified atom stereocenters. The molecule has 0 radical (unpaired) electrons. The molecular weight excluding hydrogens is 223 g/mol. The van der Waals surface area contributed by atoms with E-state index in [9.17, 15) is 4.39 Å². The van der Waals surface area contributed by atoms with Gasteiger partial charge in [-0.3, -0.25) is 0 Å². The fourth-order valence-corrected chi connectivity index (χ4v) is 1.58. The van der Waals surface area contributed by atoms with Crippen molar-refractivity contribution in [3.8, 4) is 0 Å². The molecule has 0 bridgehead atoms. The van der Waals surface area contributed by atoms with Gasteiger partial charge in [0.25, 0.3) is 0 Å². The van der Waals surface area contributed by atoms with Gasteiger partial charge >= 0.3 is 0 Å². The zero-order chi connectivity index (χ0) is 8.55. The summed E-state index contributed by atoms with van der Waals surface area (Å²) in [6, 6.07) is 4.54. The zero-order valence-electron chi connectivity index (χ0n) is 5.96. The van der Waals surface area contributed by atoms with E-state index in [2.05, 4.69) is 26.1 Å². The minimum absolute atomic E-state index is 0.310. The van der Waals surface area contributed by atoms with Crippen molar-refractivity contribution >= 4 is 26.8 Å². The molecule has 2 rings (SSSR count). The number of rotatable bonds is 0. The quantitative estimate of drug-likeness (QED) is 0.691. The van der Waals surface area contributed by atoms with Crippen molar-refractivity contribution in [3.63, 3.8) is 0 Å². The summed E-state index contributed by atoms with van der Waals surface area (Å²) in [7, 11) is 0. The van der Waals surface area contributed by atoms with E-state index in [0.717, 1.165) is 5.39 Å². The highest BCUT2D eigenvalue weighted by atomic mass is 79.9. The van der Waals surface area contributed by atoms with Gasteiger partial charge in [-0.15, -0.1) is 0 Å². The number of hydrogen-bond donors (Lipinski definition) is 0. The average molecular weight is 227 g/mol. The summed E-state index contributed by atoms with van der Waals surface area (Å²) in [6.07, 6.45) is 1.57. The van der Waals surface area contributed by atoms with Gasteiger partial charge < -0.3 is 0 Å². The van der Waals surface area contributed by atoms with Crippen LogP contribution >= 0.6 is 15.9 Å². The van der Waals surface area contributed by atoms with Gasteiger partial charge in [0, 0.05) is 15.9 Å². The molecule has 0 saturated carbocycles. The molecule has 0 N–H and O–H groups in total. The van der Waals surface area contributed by atoms with E-state index in [1.165, 1.54) is 12.1 Å². The van der Waals surface area contributed by atoms with Crippen molar-refractivity contribution < 1.29 is 4.39 Å². The SMILES string of the molecule is Fc1cc(Br)c2ccnnc2c1. The van der Waals surface area contributed by atoms with Gasteiger partial charge in [-0.25, -0.2) is 4.39 Å². The van der Waals surface area contributed by atoms with Crippen molar-refractivity contribution in [2.45, 2.75) is 0 Å². The van der Waals surface area contributed by atoms with Crippen molar-refractivity contribution in [3.05, 3.63) is 34.7 Å². The monoisotopic (exact) mass is 226 g/mol. The van der Waals surface area contributed by atoms with Gasteiger partial charge in [-0.05, 0) is 28.1 Å². The number of fused-ring (bicyclic) bond motifs is 1. The van der Waals surface area contributed by atoms with E-state index in [1.807, 2.05) is 0 Å². The Hall–Kier alpha value is -1.03. The molecule has 0 fully saturated rings. The van der Waals surface area contributed by atoms with E-state index < -0.39 is 0 Å². The van der Waals surface area contributed by atoms with Gasteiger partial charge in [0.2, 0.25) is 0 Å². The minimum Gasteiger partial charge on any atom is -0.207 e. The molecular formula is C8H4BrFN2. The van der Waals surface area contributed by atoms with Crippen LogP contribution in [0.2, 0.25) is 0 Å². The molecule has 1 aromatic carbocycles. The first-order chi connectivity index (χ1) is 5.77. The lowest BCUT2D eigenvalue weighted by Gasteiger charge is -1.97. The Labute approximate surface area is 76.6 Å². The summed E-state index contributed by atoms with van der Waals surface area (Å²) in [5.41, 5.74) is 0.560. The lowest BCUT2D eigenvalue weighted by atomic mass is 10.2. The maximum absolute atomic E-state index is 12.8. The summed E-state index contributed by atoms with van der Waals surface area (Å²) < 4.78 is 13.5. The largest absolute Gasteiger partial charge is 0.207 e. The highest BCUT2D eigenvalue weighted by molar-refractivity contribution is 9.10.